The van der Waals surface area contributed by atoms with Crippen LogP contribution < -0.4 is 0 Å². The Morgan fingerprint density at radius 2 is 0.828 bits per heavy atom. The molecule has 2 unspecified atom stereocenters. The van der Waals surface area contributed by atoms with Gasteiger partial charge in [0.15, 0.2) is 0 Å². The lowest BCUT2D eigenvalue weighted by Crippen LogP contribution is -2.17. The van der Waals surface area contributed by atoms with Crippen LogP contribution in [-0.2, 0) is 4.74 Å². The molecular formula is C20H40N2O7. The van der Waals surface area contributed by atoms with Crippen molar-refractivity contribution in [2.45, 2.75) is 115 Å². The standard InChI is InChI=1S/C20H40N2O7/c23-19(21(25)26)15-11-7-3-1-5-9-13-17-29-18-14-10-6-2-4-8-12-16-20(24)22(27)28/h19-20,23-24H,1-18H2. The first-order valence-electron chi connectivity index (χ1n) is 11.2. The highest BCUT2D eigenvalue weighted by Gasteiger charge is 2.14. The fourth-order valence-electron chi connectivity index (χ4n) is 3.14. The van der Waals surface area contributed by atoms with Gasteiger partial charge in [0.2, 0.25) is 0 Å². The molecule has 0 aromatic rings. The maximum Gasteiger partial charge on any atom is 0.312 e. The van der Waals surface area contributed by atoms with Gasteiger partial charge in [0.1, 0.15) is 0 Å². The Morgan fingerprint density at radius 3 is 1.14 bits per heavy atom. The topological polar surface area (TPSA) is 136 Å². The maximum absolute atomic E-state index is 10.3. The molecule has 9 nitrogen and oxygen atoms in total. The predicted molar refractivity (Wildman–Crippen MR) is 111 cm³/mol. The fourth-order valence-corrected chi connectivity index (χ4v) is 3.14. The van der Waals surface area contributed by atoms with Crippen molar-refractivity contribution in [3.8, 4) is 0 Å². The van der Waals surface area contributed by atoms with E-state index in [4.69, 9.17) is 14.9 Å². The van der Waals surface area contributed by atoms with Crippen LogP contribution >= 0.6 is 0 Å². The quantitative estimate of drug-likeness (QED) is 0.114. The van der Waals surface area contributed by atoms with Crippen molar-refractivity contribution in [3.63, 3.8) is 0 Å². The highest BCUT2D eigenvalue weighted by molar-refractivity contribution is 4.50. The molecule has 172 valence electrons. The van der Waals surface area contributed by atoms with E-state index in [1.807, 2.05) is 0 Å². The summed E-state index contributed by atoms with van der Waals surface area (Å²) in [4.78, 5) is 19.3. The van der Waals surface area contributed by atoms with Gasteiger partial charge in [-0.1, -0.05) is 64.2 Å². The van der Waals surface area contributed by atoms with Gasteiger partial charge in [-0.25, -0.2) is 0 Å². The van der Waals surface area contributed by atoms with Crippen molar-refractivity contribution in [1.82, 2.24) is 0 Å². The van der Waals surface area contributed by atoms with Gasteiger partial charge in [-0.2, -0.15) is 0 Å². The van der Waals surface area contributed by atoms with Crippen molar-refractivity contribution in [2.24, 2.45) is 0 Å². The van der Waals surface area contributed by atoms with Gasteiger partial charge in [0, 0.05) is 26.1 Å². The molecule has 0 fully saturated rings. The summed E-state index contributed by atoms with van der Waals surface area (Å²) >= 11 is 0. The van der Waals surface area contributed by atoms with Gasteiger partial charge in [-0.05, 0) is 25.7 Å². The average molecular weight is 421 g/mol. The molecule has 0 aromatic heterocycles. The van der Waals surface area contributed by atoms with Crippen molar-refractivity contribution < 1.29 is 24.8 Å². The highest BCUT2D eigenvalue weighted by Crippen LogP contribution is 2.11. The van der Waals surface area contributed by atoms with Gasteiger partial charge in [0.05, 0.1) is 9.85 Å². The molecule has 0 amide bonds. The third kappa shape index (κ3) is 19.8. The number of aliphatic hydroxyl groups is 2. The molecule has 0 heterocycles. The first kappa shape index (κ1) is 27.7. The molecule has 9 heteroatoms. The normalized spacial score (nSPS) is 13.3. The molecule has 0 saturated carbocycles. The summed E-state index contributed by atoms with van der Waals surface area (Å²) in [6.45, 7) is 1.60. The molecule has 0 aromatic carbocycles. The lowest BCUT2D eigenvalue weighted by atomic mass is 10.1. The molecule has 2 atom stereocenters. The Kier molecular flexibility index (Phi) is 19.1. The molecule has 0 rings (SSSR count). The van der Waals surface area contributed by atoms with Crippen LogP contribution in [0.2, 0.25) is 0 Å². The Balaban J connectivity index is 3.12. The summed E-state index contributed by atoms with van der Waals surface area (Å²) in [5.41, 5.74) is 0. The van der Waals surface area contributed by atoms with E-state index in [-0.39, 0.29) is 12.8 Å². The van der Waals surface area contributed by atoms with E-state index in [2.05, 4.69) is 0 Å². The number of hydrogen-bond donors (Lipinski definition) is 2. The lowest BCUT2D eigenvalue weighted by molar-refractivity contribution is -0.571. The number of rotatable bonds is 22. The maximum atomic E-state index is 10.3. The van der Waals surface area contributed by atoms with Crippen LogP contribution in [0.3, 0.4) is 0 Å². The van der Waals surface area contributed by atoms with E-state index >= 15 is 0 Å². The second-order valence-electron chi connectivity index (χ2n) is 7.67. The van der Waals surface area contributed by atoms with Gasteiger partial charge in [-0.15, -0.1) is 0 Å². The van der Waals surface area contributed by atoms with Gasteiger partial charge in [-0.3, -0.25) is 20.2 Å². The van der Waals surface area contributed by atoms with Gasteiger partial charge >= 0.3 is 12.5 Å². The zero-order valence-corrected chi connectivity index (χ0v) is 17.7. The minimum atomic E-state index is -1.41. The van der Waals surface area contributed by atoms with Gasteiger partial charge in [0.25, 0.3) is 0 Å². The number of aliphatic hydroxyl groups excluding tert-OH is 2. The average Bonchev–Trinajstić information content (AvgIpc) is 2.69. The van der Waals surface area contributed by atoms with Crippen LogP contribution in [0.4, 0.5) is 0 Å². The summed E-state index contributed by atoms with van der Waals surface area (Å²) < 4.78 is 5.64. The zero-order chi connectivity index (χ0) is 21.7. The Bertz CT molecular complexity index is 374. The zero-order valence-electron chi connectivity index (χ0n) is 17.7. The van der Waals surface area contributed by atoms with Crippen molar-refractivity contribution in [2.75, 3.05) is 13.2 Å². The lowest BCUT2D eigenvalue weighted by Gasteiger charge is -2.06. The second kappa shape index (κ2) is 20.0. The molecule has 2 N–H and O–H groups in total. The monoisotopic (exact) mass is 420 g/mol. The van der Waals surface area contributed by atoms with Crippen LogP contribution in [0.5, 0.6) is 0 Å². The predicted octanol–water partition coefficient (Wildman–Crippen LogP) is 4.43. The van der Waals surface area contributed by atoms with Crippen LogP contribution in [0.15, 0.2) is 0 Å². The van der Waals surface area contributed by atoms with Crippen LogP contribution in [0.25, 0.3) is 0 Å². The molecule has 0 saturated heterocycles. The molecule has 0 aliphatic heterocycles. The molecular weight excluding hydrogens is 380 g/mol. The second-order valence-corrected chi connectivity index (χ2v) is 7.67. The first-order valence-corrected chi connectivity index (χ1v) is 11.2. The molecule has 0 bridgehead atoms. The van der Waals surface area contributed by atoms with E-state index in [1.54, 1.807) is 0 Å². The molecule has 0 aliphatic carbocycles. The first-order chi connectivity index (χ1) is 13.9. The van der Waals surface area contributed by atoms with Crippen molar-refractivity contribution >= 4 is 0 Å². The summed E-state index contributed by atoms with van der Waals surface area (Å²) in [7, 11) is 0. The van der Waals surface area contributed by atoms with Gasteiger partial charge < -0.3 is 14.9 Å². The number of unbranched alkanes of at least 4 members (excludes halogenated alkanes) is 12. The number of hydrogen-bond acceptors (Lipinski definition) is 7. The van der Waals surface area contributed by atoms with Crippen LogP contribution in [0.1, 0.15) is 103 Å². The minimum Gasteiger partial charge on any atom is -0.381 e. The minimum absolute atomic E-state index is 0.245. The third-order valence-electron chi connectivity index (χ3n) is 4.99. The Labute approximate surface area is 174 Å². The van der Waals surface area contributed by atoms with Crippen LogP contribution in [0, 0.1) is 20.2 Å². The van der Waals surface area contributed by atoms with E-state index in [9.17, 15) is 20.2 Å². The Morgan fingerprint density at radius 1 is 0.552 bits per heavy atom. The summed E-state index contributed by atoms with van der Waals surface area (Å²) in [5.74, 6) is 0. The SMILES string of the molecule is O=[N+]([O-])C(O)CCCCCCCCCOCCCCCCCCCC(O)[N+](=O)[O-]. The van der Waals surface area contributed by atoms with Crippen LogP contribution in [-0.4, -0.2) is 45.7 Å². The number of nitrogens with zero attached hydrogens (tertiary/aromatic N) is 2. The highest BCUT2D eigenvalue weighted by atomic mass is 16.7. The third-order valence-corrected chi connectivity index (χ3v) is 4.99. The van der Waals surface area contributed by atoms with E-state index in [0.29, 0.717) is 12.8 Å². The molecule has 29 heavy (non-hydrogen) atoms. The van der Waals surface area contributed by atoms with E-state index in [1.165, 1.54) is 0 Å². The molecule has 0 radical (unpaired) electrons. The van der Waals surface area contributed by atoms with E-state index < -0.39 is 22.3 Å². The largest absolute Gasteiger partial charge is 0.381 e. The number of ether oxygens (including phenoxy) is 1. The Hall–Kier alpha value is -1.32. The molecule has 0 aliphatic rings. The van der Waals surface area contributed by atoms with Crippen molar-refractivity contribution in [1.29, 1.82) is 0 Å². The van der Waals surface area contributed by atoms with E-state index in [0.717, 1.165) is 90.3 Å². The summed E-state index contributed by atoms with van der Waals surface area (Å²) in [6, 6.07) is 0. The molecule has 0 spiro atoms. The smallest absolute Gasteiger partial charge is 0.312 e. The van der Waals surface area contributed by atoms with Crippen molar-refractivity contribution in [3.05, 3.63) is 20.2 Å². The fraction of sp³-hybridized carbons (Fsp3) is 1.00. The summed E-state index contributed by atoms with van der Waals surface area (Å²) in [5, 5.41) is 38.6. The number of nitro groups is 2. The summed E-state index contributed by atoms with van der Waals surface area (Å²) in [6.07, 6.45) is 12.0.